The molecule has 3 saturated heterocycles. The minimum absolute atomic E-state index is 0.0310. The molecular formula is C24H33N3O5S. The van der Waals surface area contributed by atoms with Gasteiger partial charge in [0.25, 0.3) is 0 Å². The summed E-state index contributed by atoms with van der Waals surface area (Å²) in [7, 11) is 1.58. The third-order valence-corrected chi connectivity index (χ3v) is 9.22. The predicted octanol–water partition coefficient (Wildman–Crippen LogP) is 2.02. The van der Waals surface area contributed by atoms with Crippen molar-refractivity contribution in [2.75, 3.05) is 25.6 Å². The van der Waals surface area contributed by atoms with Gasteiger partial charge < -0.3 is 25.4 Å². The Morgan fingerprint density at radius 1 is 1.27 bits per heavy atom. The van der Waals surface area contributed by atoms with Crippen molar-refractivity contribution in [3.8, 4) is 5.75 Å². The van der Waals surface area contributed by atoms with Gasteiger partial charge in [-0.2, -0.15) is 0 Å². The Kier molecular flexibility index (Phi) is 6.91. The van der Waals surface area contributed by atoms with Crippen LogP contribution in [0.4, 0.5) is 5.69 Å². The maximum atomic E-state index is 13.8. The molecule has 3 heterocycles. The van der Waals surface area contributed by atoms with Crippen LogP contribution in [0.5, 0.6) is 5.75 Å². The highest BCUT2D eigenvalue weighted by molar-refractivity contribution is 8.02. The van der Waals surface area contributed by atoms with Gasteiger partial charge in [-0.3, -0.25) is 14.4 Å². The van der Waals surface area contributed by atoms with Crippen LogP contribution in [0.1, 0.15) is 39.5 Å². The Hall–Kier alpha value is -2.26. The van der Waals surface area contributed by atoms with Crippen LogP contribution in [-0.4, -0.2) is 70.1 Å². The molecule has 180 valence electrons. The lowest BCUT2D eigenvalue weighted by atomic mass is 9.70. The molecular weight excluding hydrogens is 442 g/mol. The summed E-state index contributed by atoms with van der Waals surface area (Å²) in [5.41, 5.74) is 0.611. The number of fused-ring (bicyclic) bond motifs is 1. The smallest absolute Gasteiger partial charge is 0.248 e. The normalized spacial score (nSPS) is 30.8. The molecule has 4 rings (SSSR count). The fourth-order valence-corrected chi connectivity index (χ4v) is 7.95. The summed E-state index contributed by atoms with van der Waals surface area (Å²) in [6.45, 7) is 4.24. The number of aliphatic hydroxyl groups is 1. The summed E-state index contributed by atoms with van der Waals surface area (Å²) in [4.78, 5) is 42.1. The van der Waals surface area contributed by atoms with Gasteiger partial charge in [-0.05, 0) is 49.9 Å². The van der Waals surface area contributed by atoms with Gasteiger partial charge in [-0.25, -0.2) is 0 Å². The molecule has 0 saturated carbocycles. The van der Waals surface area contributed by atoms with E-state index in [1.54, 1.807) is 48.0 Å². The number of amides is 3. The summed E-state index contributed by atoms with van der Waals surface area (Å²) in [6.07, 6.45) is 2.85. The number of hydrogen-bond acceptors (Lipinski definition) is 6. The Bertz CT molecular complexity index is 906. The van der Waals surface area contributed by atoms with Crippen LogP contribution in [0, 0.1) is 11.8 Å². The van der Waals surface area contributed by atoms with Crippen LogP contribution >= 0.6 is 11.8 Å². The monoisotopic (exact) mass is 475 g/mol. The Balaban J connectivity index is 1.68. The highest BCUT2D eigenvalue weighted by atomic mass is 32.2. The number of aliphatic hydroxyl groups excluding tert-OH is 1. The Labute approximate surface area is 198 Å². The number of anilines is 1. The van der Waals surface area contributed by atoms with Crippen molar-refractivity contribution in [2.24, 2.45) is 11.8 Å². The van der Waals surface area contributed by atoms with Gasteiger partial charge in [0.05, 0.1) is 36.3 Å². The second-order valence-corrected chi connectivity index (χ2v) is 10.7. The quantitative estimate of drug-likeness (QED) is 0.504. The molecule has 33 heavy (non-hydrogen) atoms. The number of thioether (sulfide) groups is 1. The van der Waals surface area contributed by atoms with Crippen LogP contribution in [0.15, 0.2) is 24.3 Å². The molecule has 1 aromatic rings. The third-order valence-electron chi connectivity index (χ3n) is 7.27. The van der Waals surface area contributed by atoms with E-state index in [1.165, 1.54) is 0 Å². The number of benzene rings is 1. The van der Waals surface area contributed by atoms with Crippen molar-refractivity contribution in [3.05, 3.63) is 24.3 Å². The van der Waals surface area contributed by atoms with E-state index >= 15 is 0 Å². The highest BCUT2D eigenvalue weighted by Gasteiger charge is 2.74. The number of likely N-dealkylation sites (tertiary alicyclic amines) is 1. The lowest BCUT2D eigenvalue weighted by Gasteiger charge is -2.36. The first kappa shape index (κ1) is 23.9. The number of carbonyl (C=O) groups excluding carboxylic acids is 3. The largest absolute Gasteiger partial charge is 0.497 e. The SMILES string of the molecule is CCCNC(=O)[C@@H]1[C@H]2C(=O)N([C@@H](CC)CO)C(C(=O)Nc3ccc(OC)cc3)C23CC[C@H]1S3. The zero-order valence-corrected chi connectivity index (χ0v) is 20.2. The molecule has 3 amide bonds. The fraction of sp³-hybridized carbons (Fsp3) is 0.625. The van der Waals surface area contributed by atoms with E-state index in [-0.39, 0.29) is 29.6 Å². The molecule has 3 aliphatic heterocycles. The number of carbonyl (C=O) groups is 3. The number of rotatable bonds is 9. The molecule has 2 unspecified atom stereocenters. The summed E-state index contributed by atoms with van der Waals surface area (Å²) < 4.78 is 4.53. The van der Waals surface area contributed by atoms with E-state index in [2.05, 4.69) is 10.6 Å². The minimum atomic E-state index is -0.742. The standard InChI is InChI=1S/C24H33N3O5S/c1-4-12-25-21(29)18-17-10-11-24(33-17)19(18)23(31)27(15(5-2)13-28)20(24)22(30)26-14-6-8-16(32-3)9-7-14/h6-9,15,17-20,28H,4-5,10-13H2,1-3H3,(H,25,29)(H,26,30)/t15-,17+,18-,19-,20?,24?/m0/s1. The molecule has 1 aromatic carbocycles. The van der Waals surface area contributed by atoms with Gasteiger partial charge in [-0.15, -0.1) is 11.8 Å². The first-order valence-corrected chi connectivity index (χ1v) is 12.6. The van der Waals surface area contributed by atoms with Crippen LogP contribution in [0.2, 0.25) is 0 Å². The van der Waals surface area contributed by atoms with Crippen LogP contribution in [0.25, 0.3) is 0 Å². The Morgan fingerprint density at radius 2 is 2.00 bits per heavy atom. The van der Waals surface area contributed by atoms with Crippen molar-refractivity contribution in [1.82, 2.24) is 10.2 Å². The van der Waals surface area contributed by atoms with Crippen molar-refractivity contribution in [2.45, 2.75) is 61.6 Å². The Morgan fingerprint density at radius 3 is 2.61 bits per heavy atom. The molecule has 9 heteroatoms. The molecule has 3 fully saturated rings. The summed E-state index contributed by atoms with van der Waals surface area (Å²) in [6, 6.07) is 5.84. The molecule has 8 nitrogen and oxygen atoms in total. The van der Waals surface area contributed by atoms with Crippen LogP contribution in [-0.2, 0) is 14.4 Å². The van der Waals surface area contributed by atoms with Crippen LogP contribution < -0.4 is 15.4 Å². The minimum Gasteiger partial charge on any atom is -0.497 e. The molecule has 1 spiro atoms. The topological polar surface area (TPSA) is 108 Å². The maximum Gasteiger partial charge on any atom is 0.248 e. The summed E-state index contributed by atoms with van der Waals surface area (Å²) in [5.74, 6) is -0.863. The van der Waals surface area contributed by atoms with Crippen molar-refractivity contribution in [1.29, 1.82) is 0 Å². The van der Waals surface area contributed by atoms with Gasteiger partial charge in [0.15, 0.2) is 0 Å². The number of hydrogen-bond donors (Lipinski definition) is 3. The maximum absolute atomic E-state index is 13.8. The van der Waals surface area contributed by atoms with Crippen LogP contribution in [0.3, 0.4) is 0 Å². The summed E-state index contributed by atoms with van der Waals surface area (Å²) in [5, 5.41) is 16.0. The van der Waals surface area contributed by atoms with Crippen molar-refractivity contribution < 1.29 is 24.2 Å². The second kappa shape index (κ2) is 9.54. The van der Waals surface area contributed by atoms with E-state index in [9.17, 15) is 19.5 Å². The third kappa shape index (κ3) is 3.89. The molecule has 0 aromatic heterocycles. The van der Waals surface area contributed by atoms with E-state index in [4.69, 9.17) is 4.74 Å². The average Bonchev–Trinajstić information content (AvgIpc) is 3.46. The number of methoxy groups -OCH3 is 1. The molecule has 0 radical (unpaired) electrons. The number of nitrogens with one attached hydrogen (secondary N) is 2. The van der Waals surface area contributed by atoms with E-state index in [0.29, 0.717) is 30.8 Å². The molecule has 0 aliphatic carbocycles. The number of nitrogens with zero attached hydrogens (tertiary/aromatic N) is 1. The number of ether oxygens (including phenoxy) is 1. The van der Waals surface area contributed by atoms with E-state index in [1.807, 2.05) is 13.8 Å². The van der Waals surface area contributed by atoms with Gasteiger partial charge in [0.1, 0.15) is 11.8 Å². The lowest BCUT2D eigenvalue weighted by Crippen LogP contribution is -2.54. The van der Waals surface area contributed by atoms with Gasteiger partial charge in [-0.1, -0.05) is 13.8 Å². The second-order valence-electron chi connectivity index (χ2n) is 9.05. The highest BCUT2D eigenvalue weighted by Crippen LogP contribution is 2.66. The molecule has 3 N–H and O–H groups in total. The molecule has 3 aliphatic rings. The van der Waals surface area contributed by atoms with Gasteiger partial charge in [0, 0.05) is 17.5 Å². The van der Waals surface area contributed by atoms with Crippen molar-refractivity contribution in [3.63, 3.8) is 0 Å². The first-order chi connectivity index (χ1) is 15.9. The van der Waals surface area contributed by atoms with E-state index in [0.717, 1.165) is 12.8 Å². The van der Waals surface area contributed by atoms with Crippen molar-refractivity contribution >= 4 is 35.2 Å². The zero-order valence-electron chi connectivity index (χ0n) is 19.4. The first-order valence-electron chi connectivity index (χ1n) is 11.7. The predicted molar refractivity (Wildman–Crippen MR) is 127 cm³/mol. The molecule has 2 bridgehead atoms. The van der Waals surface area contributed by atoms with E-state index < -0.39 is 28.7 Å². The molecule has 6 atom stereocenters. The lowest BCUT2D eigenvalue weighted by molar-refractivity contribution is -0.142. The fourth-order valence-electron chi connectivity index (χ4n) is 5.75. The average molecular weight is 476 g/mol. The van der Waals surface area contributed by atoms with Gasteiger partial charge in [0.2, 0.25) is 17.7 Å². The van der Waals surface area contributed by atoms with Gasteiger partial charge >= 0.3 is 0 Å². The zero-order chi connectivity index (χ0) is 23.8. The summed E-state index contributed by atoms with van der Waals surface area (Å²) >= 11 is 1.63.